The van der Waals surface area contributed by atoms with Crippen LogP contribution in [0.2, 0.25) is 0 Å². The highest BCUT2D eigenvalue weighted by molar-refractivity contribution is 6.11. The van der Waals surface area contributed by atoms with Crippen LogP contribution in [-0.2, 0) is 9.53 Å². The van der Waals surface area contributed by atoms with E-state index in [4.69, 9.17) is 4.74 Å². The Balaban J connectivity index is 1.56. The highest BCUT2D eigenvalue weighted by Crippen LogP contribution is 2.52. The van der Waals surface area contributed by atoms with Gasteiger partial charge in [0.15, 0.2) is 0 Å². The van der Waals surface area contributed by atoms with Gasteiger partial charge in [-0.1, -0.05) is 32.9 Å². The van der Waals surface area contributed by atoms with Crippen LogP contribution in [0.15, 0.2) is 18.2 Å². The first-order valence-electron chi connectivity index (χ1n) is 10.3. The van der Waals surface area contributed by atoms with E-state index in [2.05, 4.69) is 36.0 Å². The van der Waals surface area contributed by atoms with E-state index >= 15 is 0 Å². The molecule has 2 N–H and O–H groups in total. The summed E-state index contributed by atoms with van der Waals surface area (Å²) in [5.41, 5.74) is 3.28. The zero-order valence-electron chi connectivity index (χ0n) is 18.0. The smallest absolute Gasteiger partial charge is 0.356 e. The van der Waals surface area contributed by atoms with E-state index in [-0.39, 0.29) is 17.0 Å². The molecule has 0 unspecified atom stereocenters. The van der Waals surface area contributed by atoms with Crippen molar-refractivity contribution < 1.29 is 14.3 Å². The number of hydrogen-bond donors (Lipinski definition) is 2. The SMILES string of the molecule is COC(=O)c1[nH]c2cc(C)ccc2c1NC(=O)CN1C[C@@]2(C)C[C@@H]1CC(C)(C)C2. The number of aryl methyl sites for hydroxylation is 1. The average Bonchev–Trinajstić information content (AvgIpc) is 3.07. The molecule has 1 aromatic carbocycles. The summed E-state index contributed by atoms with van der Waals surface area (Å²) >= 11 is 0. The maximum Gasteiger partial charge on any atom is 0.356 e. The lowest BCUT2D eigenvalue weighted by atomic mass is 9.65. The van der Waals surface area contributed by atoms with Crippen molar-refractivity contribution in [1.29, 1.82) is 0 Å². The van der Waals surface area contributed by atoms with Gasteiger partial charge in [0.05, 0.1) is 19.3 Å². The van der Waals surface area contributed by atoms with E-state index in [0.29, 0.717) is 23.7 Å². The first kappa shape index (κ1) is 20.0. The number of aromatic nitrogens is 1. The zero-order chi connectivity index (χ0) is 21.0. The molecule has 29 heavy (non-hydrogen) atoms. The van der Waals surface area contributed by atoms with Crippen LogP contribution in [0.3, 0.4) is 0 Å². The molecule has 6 heteroatoms. The van der Waals surface area contributed by atoms with Crippen molar-refractivity contribution in [2.24, 2.45) is 10.8 Å². The molecule has 1 aliphatic carbocycles. The fourth-order valence-electron chi connectivity index (χ4n) is 5.82. The first-order valence-corrected chi connectivity index (χ1v) is 10.3. The second-order valence-corrected chi connectivity index (χ2v) is 10.1. The third kappa shape index (κ3) is 3.78. The van der Waals surface area contributed by atoms with E-state index in [1.165, 1.54) is 13.5 Å². The maximum absolute atomic E-state index is 13.0. The number of hydrogen-bond acceptors (Lipinski definition) is 4. The predicted molar refractivity (Wildman–Crippen MR) is 114 cm³/mol. The number of amides is 1. The number of carbonyl (C=O) groups excluding carboxylic acids is 2. The van der Waals surface area contributed by atoms with Crippen molar-refractivity contribution in [2.75, 3.05) is 25.5 Å². The molecule has 1 aliphatic heterocycles. The van der Waals surface area contributed by atoms with E-state index < -0.39 is 5.97 Å². The van der Waals surface area contributed by atoms with Gasteiger partial charge in [-0.3, -0.25) is 9.69 Å². The Morgan fingerprint density at radius 1 is 1.28 bits per heavy atom. The number of likely N-dealkylation sites (tertiary alicyclic amines) is 1. The van der Waals surface area contributed by atoms with Gasteiger partial charge < -0.3 is 15.0 Å². The number of ether oxygens (including phenoxy) is 1. The monoisotopic (exact) mass is 397 g/mol. The lowest BCUT2D eigenvalue weighted by Gasteiger charge is -2.39. The normalized spacial score (nSPS) is 25.9. The van der Waals surface area contributed by atoms with Crippen LogP contribution in [0, 0.1) is 17.8 Å². The minimum atomic E-state index is -0.486. The number of H-pyrrole nitrogens is 1. The van der Waals surface area contributed by atoms with Crippen LogP contribution in [0.1, 0.15) is 56.1 Å². The van der Waals surface area contributed by atoms with Crippen molar-refractivity contribution in [3.63, 3.8) is 0 Å². The van der Waals surface area contributed by atoms with Crippen LogP contribution in [-0.4, -0.2) is 48.0 Å². The minimum Gasteiger partial charge on any atom is -0.464 e. The third-order valence-electron chi connectivity index (χ3n) is 6.48. The summed E-state index contributed by atoms with van der Waals surface area (Å²) in [6, 6.07) is 6.30. The van der Waals surface area contributed by atoms with Gasteiger partial charge >= 0.3 is 5.97 Å². The van der Waals surface area contributed by atoms with E-state index in [0.717, 1.165) is 35.9 Å². The van der Waals surface area contributed by atoms with Crippen LogP contribution in [0.25, 0.3) is 10.9 Å². The molecule has 6 nitrogen and oxygen atoms in total. The van der Waals surface area contributed by atoms with Gasteiger partial charge in [0.1, 0.15) is 5.69 Å². The summed E-state index contributed by atoms with van der Waals surface area (Å²) < 4.78 is 4.91. The molecule has 0 radical (unpaired) electrons. The Labute approximate surface area is 172 Å². The second kappa shape index (κ2) is 6.87. The van der Waals surface area contributed by atoms with Gasteiger partial charge in [0.2, 0.25) is 5.91 Å². The van der Waals surface area contributed by atoms with Crippen LogP contribution in [0.4, 0.5) is 5.69 Å². The van der Waals surface area contributed by atoms with Gasteiger partial charge in [-0.05, 0) is 48.6 Å². The first-order chi connectivity index (χ1) is 13.6. The summed E-state index contributed by atoms with van der Waals surface area (Å²) in [7, 11) is 1.34. The number of rotatable bonds is 4. The van der Waals surface area contributed by atoms with E-state index in [1.807, 2.05) is 25.1 Å². The third-order valence-corrected chi connectivity index (χ3v) is 6.48. The Bertz CT molecular complexity index is 977. The lowest BCUT2D eigenvalue weighted by Crippen LogP contribution is -2.38. The van der Waals surface area contributed by atoms with Gasteiger partial charge in [-0.25, -0.2) is 4.79 Å². The van der Waals surface area contributed by atoms with Gasteiger partial charge in [-0.2, -0.15) is 0 Å². The fourth-order valence-corrected chi connectivity index (χ4v) is 5.82. The van der Waals surface area contributed by atoms with Crippen molar-refractivity contribution in [3.8, 4) is 0 Å². The quantitative estimate of drug-likeness (QED) is 0.762. The number of carbonyl (C=O) groups is 2. The van der Waals surface area contributed by atoms with Crippen molar-refractivity contribution >= 4 is 28.5 Å². The Morgan fingerprint density at radius 3 is 2.76 bits per heavy atom. The summed E-state index contributed by atoms with van der Waals surface area (Å²) in [5.74, 6) is -0.578. The molecule has 4 rings (SSSR count). The molecule has 1 aromatic heterocycles. The molecule has 1 amide bonds. The molecule has 156 valence electrons. The summed E-state index contributed by atoms with van der Waals surface area (Å²) in [6.07, 6.45) is 3.47. The van der Waals surface area contributed by atoms with E-state index in [1.54, 1.807) is 0 Å². The summed E-state index contributed by atoms with van der Waals surface area (Å²) in [5, 5.41) is 3.81. The van der Waals surface area contributed by atoms with Crippen LogP contribution >= 0.6 is 0 Å². The topological polar surface area (TPSA) is 74.4 Å². The summed E-state index contributed by atoms with van der Waals surface area (Å²) in [4.78, 5) is 30.7. The van der Waals surface area contributed by atoms with Crippen molar-refractivity contribution in [3.05, 3.63) is 29.5 Å². The maximum atomic E-state index is 13.0. The number of esters is 1. The largest absolute Gasteiger partial charge is 0.464 e. The number of anilines is 1. The number of methoxy groups -OCH3 is 1. The number of benzene rings is 1. The molecule has 2 bridgehead atoms. The molecule has 1 saturated heterocycles. The molecule has 2 fully saturated rings. The van der Waals surface area contributed by atoms with Crippen molar-refractivity contribution in [2.45, 2.75) is 53.0 Å². The average molecular weight is 398 g/mol. The van der Waals surface area contributed by atoms with Crippen LogP contribution < -0.4 is 5.32 Å². The van der Waals surface area contributed by atoms with Crippen LogP contribution in [0.5, 0.6) is 0 Å². The molecule has 2 atom stereocenters. The highest BCUT2D eigenvalue weighted by Gasteiger charge is 2.49. The van der Waals surface area contributed by atoms with Gasteiger partial charge in [-0.15, -0.1) is 0 Å². The number of nitrogens with one attached hydrogen (secondary N) is 2. The van der Waals surface area contributed by atoms with Gasteiger partial charge in [0.25, 0.3) is 0 Å². The number of aromatic amines is 1. The second-order valence-electron chi connectivity index (χ2n) is 10.1. The Kier molecular flexibility index (Phi) is 4.73. The molecule has 0 spiro atoms. The molecular weight excluding hydrogens is 366 g/mol. The summed E-state index contributed by atoms with van der Waals surface area (Å²) in [6.45, 7) is 10.3. The minimum absolute atomic E-state index is 0.0921. The Morgan fingerprint density at radius 2 is 2.03 bits per heavy atom. The molecular formula is C23H31N3O3. The van der Waals surface area contributed by atoms with E-state index in [9.17, 15) is 9.59 Å². The molecule has 2 aromatic rings. The lowest BCUT2D eigenvalue weighted by molar-refractivity contribution is -0.117. The standard InChI is InChI=1S/C23H31N3O3/c1-14-6-7-16-17(8-14)24-20(21(28)29-5)19(16)25-18(27)11-26-13-23(4)10-15(26)9-22(2,3)12-23/h6-8,15,24H,9-13H2,1-5H3,(H,25,27)/t15-,23-/m0/s1. The number of nitrogens with zero attached hydrogens (tertiary/aromatic N) is 1. The number of fused-ring (bicyclic) bond motifs is 3. The predicted octanol–water partition coefficient (Wildman–Crippen LogP) is 4.10. The molecule has 2 aliphatic rings. The zero-order valence-corrected chi connectivity index (χ0v) is 18.0. The Hall–Kier alpha value is -2.34. The van der Waals surface area contributed by atoms with Crippen molar-refractivity contribution in [1.82, 2.24) is 9.88 Å². The fraction of sp³-hybridized carbons (Fsp3) is 0.565. The highest BCUT2D eigenvalue weighted by atomic mass is 16.5. The molecule has 2 heterocycles. The van der Waals surface area contributed by atoms with Gasteiger partial charge in [0, 0.05) is 23.5 Å². The molecule has 1 saturated carbocycles.